The Morgan fingerprint density at radius 3 is 2.28 bits per heavy atom. The monoisotopic (exact) mass is 255 g/mol. The molecule has 1 N–H and O–H groups in total. The van der Waals surface area contributed by atoms with E-state index < -0.39 is 12.1 Å². The summed E-state index contributed by atoms with van der Waals surface area (Å²) in [6.45, 7) is 13.6. The van der Waals surface area contributed by atoms with E-state index in [0.29, 0.717) is 6.61 Å². The lowest BCUT2D eigenvalue weighted by Gasteiger charge is -2.27. The van der Waals surface area contributed by atoms with Crippen LogP contribution < -0.4 is 5.32 Å². The summed E-state index contributed by atoms with van der Waals surface area (Å²) < 4.78 is 5.13. The maximum atomic E-state index is 11.6. The first-order chi connectivity index (χ1) is 8.12. The van der Waals surface area contributed by atoms with Crippen LogP contribution in [0.5, 0.6) is 0 Å². The second-order valence-corrected chi connectivity index (χ2v) is 6.36. The average Bonchev–Trinajstić information content (AvgIpc) is 2.21. The third-order valence-electron chi connectivity index (χ3n) is 2.63. The van der Waals surface area contributed by atoms with Gasteiger partial charge in [-0.2, -0.15) is 0 Å². The van der Waals surface area contributed by atoms with Crippen molar-refractivity contribution in [3.63, 3.8) is 0 Å². The number of amides is 1. The lowest BCUT2D eigenvalue weighted by molar-refractivity contribution is -0.111. The molecule has 0 saturated heterocycles. The molecule has 0 aromatic rings. The van der Waals surface area contributed by atoms with Gasteiger partial charge in [-0.3, -0.25) is 0 Å². The first-order valence-electron chi connectivity index (χ1n) is 6.12. The SMILES string of the molecule is C=CCC(C)(C)COC(=O)N[C@H](C=O)C(C)(C)C. The van der Waals surface area contributed by atoms with Crippen LogP contribution in [0.4, 0.5) is 4.79 Å². The number of nitrogens with one attached hydrogen (secondary N) is 1. The quantitative estimate of drug-likeness (QED) is 0.586. The molecule has 4 nitrogen and oxygen atoms in total. The van der Waals surface area contributed by atoms with Crippen molar-refractivity contribution in [3.8, 4) is 0 Å². The fourth-order valence-corrected chi connectivity index (χ4v) is 1.33. The van der Waals surface area contributed by atoms with Crippen LogP contribution in [0.15, 0.2) is 12.7 Å². The van der Waals surface area contributed by atoms with E-state index in [2.05, 4.69) is 11.9 Å². The van der Waals surface area contributed by atoms with E-state index in [1.165, 1.54) is 0 Å². The zero-order chi connectivity index (χ0) is 14.4. The van der Waals surface area contributed by atoms with Crippen LogP contribution in [0.2, 0.25) is 0 Å². The van der Waals surface area contributed by atoms with Crippen LogP contribution in [-0.4, -0.2) is 25.0 Å². The molecule has 0 aliphatic heterocycles. The van der Waals surface area contributed by atoms with Crippen LogP contribution >= 0.6 is 0 Å². The zero-order valence-electron chi connectivity index (χ0n) is 12.1. The largest absolute Gasteiger partial charge is 0.449 e. The third-order valence-corrected chi connectivity index (χ3v) is 2.63. The number of alkyl carbamates (subject to hydrolysis) is 1. The van der Waals surface area contributed by atoms with E-state index in [4.69, 9.17) is 4.74 Å². The van der Waals surface area contributed by atoms with Gasteiger partial charge in [0.15, 0.2) is 0 Å². The first kappa shape index (κ1) is 16.7. The van der Waals surface area contributed by atoms with E-state index in [1.807, 2.05) is 34.6 Å². The molecule has 0 bridgehead atoms. The predicted molar refractivity (Wildman–Crippen MR) is 72.4 cm³/mol. The van der Waals surface area contributed by atoms with Gasteiger partial charge in [0.05, 0.1) is 12.6 Å². The standard InChI is InChI=1S/C14H25NO3/c1-7-8-14(5,6)10-18-12(17)15-11(9-16)13(2,3)4/h7,9,11H,1,8,10H2,2-6H3,(H,15,17)/t11-/m1/s1. The van der Waals surface area contributed by atoms with Crippen LogP contribution in [0.1, 0.15) is 41.0 Å². The molecule has 0 unspecified atom stereocenters. The Kier molecular flexibility index (Phi) is 6.09. The van der Waals surface area contributed by atoms with Crippen molar-refractivity contribution in [2.24, 2.45) is 10.8 Å². The smallest absolute Gasteiger partial charge is 0.407 e. The predicted octanol–water partition coefficient (Wildman–Crippen LogP) is 2.93. The number of rotatable bonds is 6. The van der Waals surface area contributed by atoms with Gasteiger partial charge in [0.1, 0.15) is 6.29 Å². The summed E-state index contributed by atoms with van der Waals surface area (Å²) in [6, 6.07) is -0.549. The van der Waals surface area contributed by atoms with E-state index in [-0.39, 0.29) is 10.8 Å². The van der Waals surface area contributed by atoms with Crippen LogP contribution in [0.25, 0.3) is 0 Å². The number of carbonyl (C=O) groups excluding carboxylic acids is 2. The molecular weight excluding hydrogens is 230 g/mol. The summed E-state index contributed by atoms with van der Waals surface area (Å²) in [6.07, 6.45) is 2.73. The molecule has 0 spiro atoms. The maximum absolute atomic E-state index is 11.6. The summed E-state index contributed by atoms with van der Waals surface area (Å²) in [5.74, 6) is 0. The van der Waals surface area contributed by atoms with E-state index in [1.54, 1.807) is 6.08 Å². The van der Waals surface area contributed by atoms with Crippen molar-refractivity contribution >= 4 is 12.4 Å². The van der Waals surface area contributed by atoms with Crippen LogP contribution in [0, 0.1) is 10.8 Å². The Morgan fingerprint density at radius 1 is 1.33 bits per heavy atom. The van der Waals surface area contributed by atoms with Gasteiger partial charge in [0.2, 0.25) is 0 Å². The summed E-state index contributed by atoms with van der Waals surface area (Å²) >= 11 is 0. The van der Waals surface area contributed by atoms with Crippen LogP contribution in [0.3, 0.4) is 0 Å². The molecule has 1 atom stereocenters. The summed E-state index contributed by atoms with van der Waals surface area (Å²) in [4.78, 5) is 22.5. The molecule has 0 rings (SSSR count). The molecule has 0 radical (unpaired) electrons. The Labute approximate surface area is 110 Å². The van der Waals surface area contributed by atoms with Crippen molar-refractivity contribution in [2.75, 3.05) is 6.61 Å². The lowest BCUT2D eigenvalue weighted by Crippen LogP contribution is -2.45. The van der Waals surface area contributed by atoms with Gasteiger partial charge < -0.3 is 14.8 Å². The molecule has 0 aliphatic carbocycles. The topological polar surface area (TPSA) is 55.4 Å². The lowest BCUT2D eigenvalue weighted by atomic mass is 9.88. The summed E-state index contributed by atoms with van der Waals surface area (Å²) in [7, 11) is 0. The Bertz CT molecular complexity index is 303. The normalized spacial score (nSPS) is 13.6. The maximum Gasteiger partial charge on any atom is 0.407 e. The van der Waals surface area contributed by atoms with Gasteiger partial charge in [-0.1, -0.05) is 40.7 Å². The van der Waals surface area contributed by atoms with Gasteiger partial charge in [-0.15, -0.1) is 6.58 Å². The summed E-state index contributed by atoms with van der Waals surface area (Å²) in [5.41, 5.74) is -0.463. The second kappa shape index (κ2) is 6.57. The molecule has 0 saturated carbocycles. The average molecular weight is 255 g/mol. The van der Waals surface area contributed by atoms with Gasteiger partial charge in [0, 0.05) is 5.41 Å². The number of carbonyl (C=O) groups is 2. The Morgan fingerprint density at radius 2 is 1.89 bits per heavy atom. The Balaban J connectivity index is 4.27. The molecule has 0 aliphatic rings. The molecule has 4 heteroatoms. The van der Waals surface area contributed by atoms with E-state index in [9.17, 15) is 9.59 Å². The van der Waals surface area contributed by atoms with Gasteiger partial charge >= 0.3 is 6.09 Å². The highest BCUT2D eigenvalue weighted by atomic mass is 16.5. The minimum Gasteiger partial charge on any atom is -0.449 e. The molecule has 1 amide bonds. The molecular formula is C14H25NO3. The van der Waals surface area contributed by atoms with E-state index >= 15 is 0 Å². The molecule has 0 aromatic carbocycles. The molecule has 0 aromatic heterocycles. The van der Waals surface area contributed by atoms with Gasteiger partial charge in [-0.05, 0) is 11.8 Å². The zero-order valence-corrected chi connectivity index (χ0v) is 12.1. The highest BCUT2D eigenvalue weighted by Crippen LogP contribution is 2.21. The third kappa shape index (κ3) is 6.42. The highest BCUT2D eigenvalue weighted by molar-refractivity contribution is 5.73. The number of aldehydes is 1. The van der Waals surface area contributed by atoms with Crippen molar-refractivity contribution in [1.82, 2.24) is 5.32 Å². The van der Waals surface area contributed by atoms with Crippen molar-refractivity contribution in [2.45, 2.75) is 47.1 Å². The minimum atomic E-state index is -0.556. The highest BCUT2D eigenvalue weighted by Gasteiger charge is 2.27. The van der Waals surface area contributed by atoms with Crippen molar-refractivity contribution in [3.05, 3.63) is 12.7 Å². The second-order valence-electron chi connectivity index (χ2n) is 6.36. The van der Waals surface area contributed by atoms with Crippen LogP contribution in [-0.2, 0) is 9.53 Å². The first-order valence-corrected chi connectivity index (χ1v) is 6.12. The van der Waals surface area contributed by atoms with Crippen molar-refractivity contribution in [1.29, 1.82) is 0 Å². The van der Waals surface area contributed by atoms with Gasteiger partial charge in [0.25, 0.3) is 0 Å². The number of allylic oxidation sites excluding steroid dienone is 1. The number of hydrogen-bond acceptors (Lipinski definition) is 3. The fourth-order valence-electron chi connectivity index (χ4n) is 1.33. The van der Waals surface area contributed by atoms with E-state index in [0.717, 1.165) is 12.7 Å². The molecule has 0 heterocycles. The Hall–Kier alpha value is -1.32. The molecule has 0 fully saturated rings. The fraction of sp³-hybridized carbons (Fsp3) is 0.714. The van der Waals surface area contributed by atoms with Gasteiger partial charge in [-0.25, -0.2) is 4.79 Å². The molecule has 18 heavy (non-hydrogen) atoms. The minimum absolute atomic E-state index is 0.141. The van der Waals surface area contributed by atoms with Crippen molar-refractivity contribution < 1.29 is 14.3 Å². The number of ether oxygens (including phenoxy) is 1. The molecule has 104 valence electrons. The summed E-state index contributed by atoms with van der Waals surface area (Å²) in [5, 5.41) is 2.57. The number of hydrogen-bond donors (Lipinski definition) is 1.